The van der Waals surface area contributed by atoms with Crippen molar-refractivity contribution in [1.29, 1.82) is 0 Å². The molecule has 0 unspecified atom stereocenters. The lowest BCUT2D eigenvalue weighted by atomic mass is 10.2. The molecule has 12 heavy (non-hydrogen) atoms. The SMILES string of the molecule is CC(C)(C)OC(=O)S(=O)(=O)NCl. The summed E-state index contributed by atoms with van der Waals surface area (Å²) >= 11 is 4.78. The molecule has 0 heterocycles. The van der Waals surface area contributed by atoms with E-state index in [0.717, 1.165) is 0 Å². The fourth-order valence-electron chi connectivity index (χ4n) is 0.336. The predicted molar refractivity (Wildman–Crippen MR) is 44.1 cm³/mol. The molecule has 0 aromatic carbocycles. The van der Waals surface area contributed by atoms with Crippen LogP contribution in [0.1, 0.15) is 20.8 Å². The highest BCUT2D eigenvalue weighted by atomic mass is 35.5. The lowest BCUT2D eigenvalue weighted by Crippen LogP contribution is -2.32. The van der Waals surface area contributed by atoms with Crippen LogP contribution in [0.2, 0.25) is 0 Å². The van der Waals surface area contributed by atoms with E-state index in [-0.39, 0.29) is 0 Å². The van der Waals surface area contributed by atoms with Gasteiger partial charge in [0.15, 0.2) is 0 Å². The molecule has 0 aliphatic heterocycles. The zero-order chi connectivity index (χ0) is 9.99. The van der Waals surface area contributed by atoms with Gasteiger partial charge < -0.3 is 4.74 Å². The van der Waals surface area contributed by atoms with Crippen molar-refractivity contribution in [3.63, 3.8) is 0 Å². The van der Waals surface area contributed by atoms with E-state index >= 15 is 0 Å². The lowest BCUT2D eigenvalue weighted by Gasteiger charge is -2.18. The van der Waals surface area contributed by atoms with Gasteiger partial charge >= 0.3 is 15.3 Å². The second-order valence-corrected chi connectivity index (χ2v) is 5.00. The summed E-state index contributed by atoms with van der Waals surface area (Å²) in [7, 11) is -4.18. The predicted octanol–water partition coefficient (Wildman–Crippen LogP) is 0.995. The lowest BCUT2D eigenvalue weighted by molar-refractivity contribution is 0.0717. The molecule has 0 saturated heterocycles. The molecule has 0 aliphatic carbocycles. The van der Waals surface area contributed by atoms with Crippen LogP contribution in [0.3, 0.4) is 0 Å². The van der Waals surface area contributed by atoms with Gasteiger partial charge in [-0.2, -0.15) is 8.42 Å². The molecule has 0 spiro atoms. The van der Waals surface area contributed by atoms with Crippen molar-refractivity contribution < 1.29 is 17.9 Å². The monoisotopic (exact) mass is 215 g/mol. The fraction of sp³-hybridized carbons (Fsp3) is 0.800. The van der Waals surface area contributed by atoms with E-state index in [1.54, 1.807) is 20.8 Å². The van der Waals surface area contributed by atoms with Gasteiger partial charge in [-0.25, -0.2) is 4.79 Å². The molecule has 72 valence electrons. The van der Waals surface area contributed by atoms with Gasteiger partial charge in [-0.05, 0) is 32.5 Å². The maximum Gasteiger partial charge on any atom is 0.441 e. The highest BCUT2D eigenvalue weighted by molar-refractivity contribution is 8.04. The number of sulfonamides is 1. The smallest absolute Gasteiger partial charge is 0.441 e. The average molecular weight is 216 g/mol. The largest absolute Gasteiger partial charge is 0.447 e. The summed E-state index contributed by atoms with van der Waals surface area (Å²) in [6, 6.07) is 0. The molecule has 0 aromatic heterocycles. The Morgan fingerprint density at radius 1 is 1.42 bits per heavy atom. The number of carbonyl (C=O) groups excluding carboxylic acids is 1. The minimum Gasteiger partial charge on any atom is -0.447 e. The fourth-order valence-corrected chi connectivity index (χ4v) is 0.948. The van der Waals surface area contributed by atoms with Crippen LogP contribution in [0.15, 0.2) is 0 Å². The Balaban J connectivity index is 4.46. The Kier molecular flexibility index (Phi) is 3.49. The summed E-state index contributed by atoms with van der Waals surface area (Å²) in [6.45, 7) is 4.65. The Hall–Kier alpha value is -0.330. The highest BCUT2D eigenvalue weighted by Gasteiger charge is 2.27. The van der Waals surface area contributed by atoms with E-state index in [1.165, 1.54) is 4.24 Å². The molecule has 7 heteroatoms. The van der Waals surface area contributed by atoms with E-state index in [0.29, 0.717) is 0 Å². The molecular formula is C5H10ClNO4S. The summed E-state index contributed by atoms with van der Waals surface area (Å²) in [5.41, 5.74) is -0.849. The van der Waals surface area contributed by atoms with Crippen LogP contribution in [0, 0.1) is 0 Å². The molecule has 1 N–H and O–H groups in total. The number of nitrogens with one attached hydrogen (secondary N) is 1. The van der Waals surface area contributed by atoms with Gasteiger partial charge in [0.05, 0.1) is 0 Å². The van der Waals surface area contributed by atoms with Gasteiger partial charge in [0.25, 0.3) is 0 Å². The van der Waals surface area contributed by atoms with Crippen molar-refractivity contribution in [3.05, 3.63) is 0 Å². The van der Waals surface area contributed by atoms with Crippen molar-refractivity contribution >= 4 is 27.1 Å². The third-order valence-corrected chi connectivity index (χ3v) is 2.05. The molecule has 0 fully saturated rings. The zero-order valence-corrected chi connectivity index (χ0v) is 8.49. The van der Waals surface area contributed by atoms with Crippen molar-refractivity contribution in [3.8, 4) is 0 Å². The topological polar surface area (TPSA) is 72.5 Å². The van der Waals surface area contributed by atoms with Crippen LogP contribution in [0.5, 0.6) is 0 Å². The van der Waals surface area contributed by atoms with E-state index < -0.39 is 20.9 Å². The number of halogens is 1. The number of hydrogen-bond acceptors (Lipinski definition) is 4. The van der Waals surface area contributed by atoms with Gasteiger partial charge in [0.2, 0.25) is 0 Å². The molecule has 0 radical (unpaired) electrons. The van der Waals surface area contributed by atoms with E-state index in [1.807, 2.05) is 0 Å². The van der Waals surface area contributed by atoms with Crippen LogP contribution in [-0.2, 0) is 14.8 Å². The molecule has 0 rings (SSSR count). The van der Waals surface area contributed by atoms with Crippen LogP contribution in [-0.4, -0.2) is 19.3 Å². The molecule has 0 saturated carbocycles. The molecular weight excluding hydrogens is 206 g/mol. The third kappa shape index (κ3) is 3.89. The van der Waals surface area contributed by atoms with Gasteiger partial charge in [-0.1, -0.05) is 0 Å². The number of ether oxygens (including phenoxy) is 1. The summed E-state index contributed by atoms with van der Waals surface area (Å²) in [5, 5.41) is -1.38. The van der Waals surface area contributed by atoms with Crippen molar-refractivity contribution in [2.24, 2.45) is 0 Å². The maximum atomic E-state index is 10.8. The first-order valence-electron chi connectivity index (χ1n) is 3.04. The van der Waals surface area contributed by atoms with Gasteiger partial charge in [0, 0.05) is 0 Å². The number of rotatable bonds is 1. The molecule has 0 atom stereocenters. The van der Waals surface area contributed by atoms with E-state index in [2.05, 4.69) is 4.74 Å². The minimum atomic E-state index is -4.18. The summed E-state index contributed by atoms with van der Waals surface area (Å²) in [4.78, 5) is 10.8. The molecule has 5 nitrogen and oxygen atoms in total. The number of hydrogen-bond donors (Lipinski definition) is 1. The normalized spacial score (nSPS) is 12.7. The third-order valence-electron chi connectivity index (χ3n) is 0.711. The van der Waals surface area contributed by atoms with E-state index in [4.69, 9.17) is 11.8 Å². The van der Waals surface area contributed by atoms with Crippen molar-refractivity contribution in [2.45, 2.75) is 26.4 Å². The second kappa shape index (κ2) is 3.59. The first-order chi connectivity index (χ1) is 5.19. The van der Waals surface area contributed by atoms with E-state index in [9.17, 15) is 13.2 Å². The minimum absolute atomic E-state index is 0.849. The Bertz CT molecular complexity index is 266. The molecule has 0 bridgehead atoms. The maximum absolute atomic E-state index is 10.8. The summed E-state index contributed by atoms with van der Waals surface area (Å²) in [6.07, 6.45) is 0. The first-order valence-corrected chi connectivity index (χ1v) is 4.90. The molecule has 0 aromatic rings. The molecule has 0 aliphatic rings. The zero-order valence-electron chi connectivity index (χ0n) is 6.92. The standard InChI is InChI=1S/C5H10ClNO4S/c1-5(2,3)11-4(8)12(9,10)7-6/h7H,1-3H3. The number of carbonyl (C=O) groups is 1. The quantitative estimate of drug-likeness (QED) is 0.523. The second-order valence-electron chi connectivity index (χ2n) is 3.05. The Morgan fingerprint density at radius 3 is 2.08 bits per heavy atom. The van der Waals surface area contributed by atoms with Gasteiger partial charge in [-0.15, -0.1) is 4.24 Å². The first kappa shape index (κ1) is 11.7. The van der Waals surface area contributed by atoms with Crippen LogP contribution in [0.25, 0.3) is 0 Å². The van der Waals surface area contributed by atoms with Crippen LogP contribution in [0.4, 0.5) is 4.79 Å². The Labute approximate surface area is 76.2 Å². The average Bonchev–Trinajstić information content (AvgIpc) is 1.84. The van der Waals surface area contributed by atoms with Crippen LogP contribution < -0.4 is 4.24 Å². The van der Waals surface area contributed by atoms with Crippen molar-refractivity contribution in [1.82, 2.24) is 4.24 Å². The summed E-state index contributed by atoms with van der Waals surface area (Å²) in [5.74, 6) is 0. The Morgan fingerprint density at radius 2 is 1.83 bits per heavy atom. The summed E-state index contributed by atoms with van der Waals surface area (Å²) < 4.78 is 27.2. The molecule has 0 amide bonds. The van der Waals surface area contributed by atoms with Gasteiger partial charge in [-0.3, -0.25) is 0 Å². The van der Waals surface area contributed by atoms with Gasteiger partial charge in [0.1, 0.15) is 5.60 Å². The highest BCUT2D eigenvalue weighted by Crippen LogP contribution is 2.09. The van der Waals surface area contributed by atoms with Crippen LogP contribution >= 0.6 is 11.8 Å². The van der Waals surface area contributed by atoms with Crippen molar-refractivity contribution in [2.75, 3.05) is 0 Å².